The molecule has 0 spiro atoms. The van der Waals surface area contributed by atoms with Crippen LogP contribution in [-0.4, -0.2) is 33.0 Å². The molecule has 1 fully saturated rings. The molecule has 0 aromatic carbocycles. The largest absolute Gasteiger partial charge is 0.383 e. The van der Waals surface area contributed by atoms with Gasteiger partial charge in [0.2, 0.25) is 0 Å². The number of fused-ring (bicyclic) bond motifs is 5. The Morgan fingerprint density at radius 3 is 2.77 bits per heavy atom. The summed E-state index contributed by atoms with van der Waals surface area (Å²) in [4.78, 5) is 8.41. The van der Waals surface area contributed by atoms with E-state index in [9.17, 15) is 8.78 Å². The number of hydrogen-bond donors (Lipinski definition) is 1. The Labute approximate surface area is 148 Å². The van der Waals surface area contributed by atoms with Crippen LogP contribution in [0.15, 0.2) is 10.9 Å². The maximum absolute atomic E-state index is 13.6. The Balaban J connectivity index is 1.85. The minimum absolute atomic E-state index is 0.297. The molecule has 2 N–H and O–H groups in total. The highest BCUT2D eigenvalue weighted by atomic mass is 19.1. The van der Waals surface area contributed by atoms with Crippen LogP contribution in [0.1, 0.15) is 48.2 Å². The van der Waals surface area contributed by atoms with Crippen LogP contribution in [0, 0.1) is 0 Å². The Hall–Kier alpha value is -2.51. The number of anilines is 1. The molecule has 6 nitrogen and oxygen atoms in total. The standard InChI is InChI=1S/C18H19F2N5O/c19-6-10(7-20)25-12-3-1-2-11-15(24-26-16(11)9-4-5-9)13(12)14-17(21)22-8-23-18(14)25/h8-10H,1-7H2,(H2,21,22,23). The number of halogens is 2. The summed E-state index contributed by atoms with van der Waals surface area (Å²) in [7, 11) is 0. The maximum Gasteiger partial charge on any atom is 0.146 e. The summed E-state index contributed by atoms with van der Waals surface area (Å²) < 4.78 is 34.5. The van der Waals surface area contributed by atoms with Crippen LogP contribution < -0.4 is 5.73 Å². The van der Waals surface area contributed by atoms with Crippen LogP contribution in [-0.2, 0) is 12.8 Å². The summed E-state index contributed by atoms with van der Waals surface area (Å²) >= 11 is 0. The monoisotopic (exact) mass is 359 g/mol. The first-order valence-corrected chi connectivity index (χ1v) is 8.98. The van der Waals surface area contributed by atoms with E-state index in [1.165, 1.54) is 6.33 Å². The van der Waals surface area contributed by atoms with Gasteiger partial charge in [0.05, 0.1) is 11.4 Å². The van der Waals surface area contributed by atoms with Crippen molar-refractivity contribution < 1.29 is 13.3 Å². The third-order valence-electron chi connectivity index (χ3n) is 5.48. The molecule has 0 bridgehead atoms. The van der Waals surface area contributed by atoms with Crippen LogP contribution in [0.2, 0.25) is 0 Å². The smallest absolute Gasteiger partial charge is 0.146 e. The summed E-state index contributed by atoms with van der Waals surface area (Å²) in [5.41, 5.74) is 10.1. The lowest BCUT2D eigenvalue weighted by Gasteiger charge is -2.16. The fourth-order valence-corrected chi connectivity index (χ4v) is 4.14. The minimum atomic E-state index is -0.924. The van der Waals surface area contributed by atoms with Gasteiger partial charge in [-0.25, -0.2) is 18.7 Å². The number of nitrogens with zero attached hydrogens (tertiary/aromatic N) is 4. The van der Waals surface area contributed by atoms with E-state index in [4.69, 9.17) is 10.3 Å². The minimum Gasteiger partial charge on any atom is -0.383 e. The van der Waals surface area contributed by atoms with Crippen molar-refractivity contribution in [3.8, 4) is 11.3 Å². The third kappa shape index (κ3) is 2.10. The zero-order chi connectivity index (χ0) is 17.8. The van der Waals surface area contributed by atoms with E-state index >= 15 is 0 Å². The molecular weight excluding hydrogens is 340 g/mol. The van der Waals surface area contributed by atoms with Gasteiger partial charge in [0.1, 0.15) is 42.6 Å². The molecule has 0 unspecified atom stereocenters. The lowest BCUT2D eigenvalue weighted by Crippen LogP contribution is -2.16. The predicted octanol–water partition coefficient (Wildman–Crippen LogP) is 3.51. The van der Waals surface area contributed by atoms with Crippen LogP contribution >= 0.6 is 0 Å². The molecule has 2 aliphatic rings. The summed E-state index contributed by atoms with van der Waals surface area (Å²) in [6.45, 7) is -1.62. The molecule has 2 aliphatic carbocycles. The van der Waals surface area contributed by atoms with Gasteiger partial charge in [0, 0.05) is 22.7 Å². The molecule has 136 valence electrons. The molecule has 5 rings (SSSR count). The third-order valence-corrected chi connectivity index (χ3v) is 5.48. The van der Waals surface area contributed by atoms with Gasteiger partial charge in [0.15, 0.2) is 0 Å². The molecule has 0 aliphatic heterocycles. The number of rotatable bonds is 4. The van der Waals surface area contributed by atoms with Crippen molar-refractivity contribution in [1.29, 1.82) is 0 Å². The average molecular weight is 359 g/mol. The quantitative estimate of drug-likeness (QED) is 0.771. The van der Waals surface area contributed by atoms with Crippen molar-refractivity contribution in [3.05, 3.63) is 23.3 Å². The Morgan fingerprint density at radius 2 is 2.04 bits per heavy atom. The highest BCUT2D eigenvalue weighted by Crippen LogP contribution is 2.48. The summed E-state index contributed by atoms with van der Waals surface area (Å²) in [6.07, 6.45) is 5.95. The second-order valence-corrected chi connectivity index (χ2v) is 7.11. The second-order valence-electron chi connectivity index (χ2n) is 7.11. The molecule has 8 heteroatoms. The average Bonchev–Trinajstić information content (AvgIpc) is 3.37. The van der Waals surface area contributed by atoms with Crippen molar-refractivity contribution in [2.45, 2.75) is 44.1 Å². The predicted molar refractivity (Wildman–Crippen MR) is 92.4 cm³/mol. The lowest BCUT2D eigenvalue weighted by atomic mass is 10.0. The molecule has 0 saturated heterocycles. The van der Waals surface area contributed by atoms with Crippen LogP contribution in [0.3, 0.4) is 0 Å². The van der Waals surface area contributed by atoms with E-state index in [1.54, 1.807) is 4.57 Å². The first kappa shape index (κ1) is 15.7. The Morgan fingerprint density at radius 1 is 1.23 bits per heavy atom. The summed E-state index contributed by atoms with van der Waals surface area (Å²) in [6, 6.07) is -0.924. The van der Waals surface area contributed by atoms with Crippen molar-refractivity contribution in [3.63, 3.8) is 0 Å². The maximum atomic E-state index is 13.6. The normalized spacial score (nSPS) is 16.7. The first-order valence-electron chi connectivity index (χ1n) is 8.98. The highest BCUT2D eigenvalue weighted by Gasteiger charge is 2.36. The number of nitrogens with two attached hydrogens (primary N) is 1. The molecule has 3 aromatic heterocycles. The molecule has 3 aromatic rings. The number of hydrogen-bond acceptors (Lipinski definition) is 5. The van der Waals surface area contributed by atoms with Crippen molar-refractivity contribution in [2.24, 2.45) is 0 Å². The molecule has 0 amide bonds. The topological polar surface area (TPSA) is 82.8 Å². The molecule has 26 heavy (non-hydrogen) atoms. The van der Waals surface area contributed by atoms with E-state index in [2.05, 4.69) is 15.1 Å². The molecular formula is C18H19F2N5O. The summed E-state index contributed by atoms with van der Waals surface area (Å²) in [5.74, 6) is 1.70. The van der Waals surface area contributed by atoms with Gasteiger partial charge in [-0.3, -0.25) is 0 Å². The van der Waals surface area contributed by atoms with E-state index in [1.807, 2.05) is 0 Å². The SMILES string of the molecule is Nc1ncnc2c1c1c(n2C(CF)CF)CCCc2c-1noc2C1CC1. The number of alkyl halides is 2. The zero-order valence-corrected chi connectivity index (χ0v) is 14.2. The van der Waals surface area contributed by atoms with Gasteiger partial charge >= 0.3 is 0 Å². The molecule has 1 saturated carbocycles. The van der Waals surface area contributed by atoms with Crippen molar-refractivity contribution >= 4 is 16.9 Å². The van der Waals surface area contributed by atoms with Crippen LogP contribution in [0.25, 0.3) is 22.3 Å². The highest BCUT2D eigenvalue weighted by molar-refractivity contribution is 6.02. The van der Waals surface area contributed by atoms with Gasteiger partial charge in [-0.05, 0) is 32.1 Å². The van der Waals surface area contributed by atoms with Gasteiger partial charge < -0.3 is 14.8 Å². The van der Waals surface area contributed by atoms with Gasteiger partial charge in [-0.15, -0.1) is 0 Å². The van der Waals surface area contributed by atoms with E-state index < -0.39 is 19.4 Å². The van der Waals surface area contributed by atoms with Crippen LogP contribution in [0.4, 0.5) is 14.6 Å². The lowest BCUT2D eigenvalue weighted by molar-refractivity contribution is 0.289. The Bertz CT molecular complexity index is 987. The number of aromatic nitrogens is 4. The van der Waals surface area contributed by atoms with Crippen molar-refractivity contribution in [2.75, 3.05) is 19.1 Å². The van der Waals surface area contributed by atoms with Crippen LogP contribution in [0.5, 0.6) is 0 Å². The fourth-order valence-electron chi connectivity index (χ4n) is 4.14. The summed E-state index contributed by atoms with van der Waals surface area (Å²) in [5, 5.41) is 4.97. The van der Waals surface area contributed by atoms with E-state index in [-0.39, 0.29) is 0 Å². The second kappa shape index (κ2) is 5.75. The Kier molecular flexibility index (Phi) is 3.48. The van der Waals surface area contributed by atoms with Gasteiger partial charge in [-0.2, -0.15) is 0 Å². The van der Waals surface area contributed by atoms with E-state index in [0.717, 1.165) is 54.0 Å². The zero-order valence-electron chi connectivity index (χ0n) is 14.2. The van der Waals surface area contributed by atoms with E-state index in [0.29, 0.717) is 29.2 Å². The van der Waals surface area contributed by atoms with Gasteiger partial charge in [0.25, 0.3) is 0 Å². The van der Waals surface area contributed by atoms with Gasteiger partial charge in [-0.1, -0.05) is 5.16 Å². The number of nitrogen functional groups attached to an aromatic ring is 1. The first-order chi connectivity index (χ1) is 12.7. The fraction of sp³-hybridized carbons (Fsp3) is 0.500. The molecule has 0 atom stereocenters. The van der Waals surface area contributed by atoms with Crippen molar-refractivity contribution in [1.82, 2.24) is 19.7 Å². The molecule has 3 heterocycles. The molecule has 0 radical (unpaired) electrons.